The average molecular weight is 320 g/mol. The van der Waals surface area contributed by atoms with Gasteiger partial charge in [-0.15, -0.1) is 0 Å². The average Bonchev–Trinajstić information content (AvgIpc) is 2.66. The molecule has 0 radical (unpaired) electrons. The van der Waals surface area contributed by atoms with Crippen LogP contribution in [0.5, 0.6) is 23.0 Å². The van der Waals surface area contributed by atoms with Gasteiger partial charge in [-0.3, -0.25) is 0 Å². The molecule has 2 heterocycles. The molecule has 3 aromatic rings. The number of nitrogens with zero attached hydrogens (tertiary/aromatic N) is 2. The van der Waals surface area contributed by atoms with Crippen molar-refractivity contribution in [1.82, 2.24) is 0 Å². The standard InChI is InChI=1S/C20H9BN2O2/c1-23-13-6-3-8-15-19(13)21-18-12(11-22)5-2-7-14(18)24-16-9-4-10-17(25-15)20(16)21/h2-10H. The van der Waals surface area contributed by atoms with Gasteiger partial charge in [0.05, 0.1) is 18.2 Å². The van der Waals surface area contributed by atoms with E-state index in [4.69, 9.17) is 16.0 Å². The molecule has 0 fully saturated rings. The second-order valence-electron chi connectivity index (χ2n) is 5.94. The van der Waals surface area contributed by atoms with Crippen LogP contribution in [-0.2, 0) is 0 Å². The molecule has 5 rings (SSSR count). The lowest BCUT2D eigenvalue weighted by Crippen LogP contribution is -2.58. The van der Waals surface area contributed by atoms with Gasteiger partial charge in [0, 0.05) is 5.46 Å². The summed E-state index contributed by atoms with van der Waals surface area (Å²) >= 11 is 0. The third kappa shape index (κ3) is 1.75. The van der Waals surface area contributed by atoms with Crippen LogP contribution in [0.25, 0.3) is 4.85 Å². The quantitative estimate of drug-likeness (QED) is 0.326. The maximum Gasteiger partial charge on any atom is 0.251 e. The zero-order chi connectivity index (χ0) is 17.0. The first-order chi connectivity index (χ1) is 12.3. The molecular formula is C20H9BN2O2. The lowest BCUT2D eigenvalue weighted by atomic mass is 9.34. The van der Waals surface area contributed by atoms with Crippen molar-refractivity contribution >= 4 is 28.8 Å². The van der Waals surface area contributed by atoms with Crippen LogP contribution in [0, 0.1) is 17.9 Å². The molecule has 3 aromatic carbocycles. The van der Waals surface area contributed by atoms with Crippen molar-refractivity contribution in [3.05, 3.63) is 71.6 Å². The number of hydrogen-bond donors (Lipinski definition) is 0. The molecule has 0 atom stereocenters. The smallest absolute Gasteiger partial charge is 0.251 e. The Morgan fingerprint density at radius 3 is 2.00 bits per heavy atom. The monoisotopic (exact) mass is 320 g/mol. The molecule has 2 aliphatic rings. The minimum atomic E-state index is -0.250. The lowest BCUT2D eigenvalue weighted by Gasteiger charge is -2.33. The lowest BCUT2D eigenvalue weighted by molar-refractivity contribution is 0.464. The van der Waals surface area contributed by atoms with E-state index in [1.807, 2.05) is 42.5 Å². The summed E-state index contributed by atoms with van der Waals surface area (Å²) in [5.41, 5.74) is 3.55. The Labute approximate surface area is 144 Å². The van der Waals surface area contributed by atoms with E-state index in [0.29, 0.717) is 34.2 Å². The molecule has 2 aliphatic heterocycles. The van der Waals surface area contributed by atoms with E-state index in [2.05, 4.69) is 10.9 Å². The van der Waals surface area contributed by atoms with Crippen molar-refractivity contribution in [2.24, 2.45) is 0 Å². The van der Waals surface area contributed by atoms with E-state index in [9.17, 15) is 5.26 Å². The molecular weight excluding hydrogens is 311 g/mol. The van der Waals surface area contributed by atoms with Crippen molar-refractivity contribution in [2.45, 2.75) is 0 Å². The second-order valence-corrected chi connectivity index (χ2v) is 5.94. The van der Waals surface area contributed by atoms with Gasteiger partial charge >= 0.3 is 0 Å². The predicted octanol–water partition coefficient (Wildman–Crippen LogP) is 2.84. The number of rotatable bonds is 0. The van der Waals surface area contributed by atoms with Crippen molar-refractivity contribution in [3.63, 3.8) is 0 Å². The fourth-order valence-electron chi connectivity index (χ4n) is 3.69. The fraction of sp³-hybridized carbons (Fsp3) is 0. The molecule has 0 bridgehead atoms. The number of fused-ring (bicyclic) bond motifs is 4. The van der Waals surface area contributed by atoms with Crippen LogP contribution < -0.4 is 25.9 Å². The largest absolute Gasteiger partial charge is 0.460 e. The molecule has 0 saturated carbocycles. The van der Waals surface area contributed by atoms with Crippen molar-refractivity contribution < 1.29 is 9.47 Å². The van der Waals surface area contributed by atoms with E-state index in [1.165, 1.54) is 0 Å². The molecule has 0 saturated heterocycles. The van der Waals surface area contributed by atoms with Crippen LogP contribution in [0.3, 0.4) is 0 Å². The highest BCUT2D eigenvalue weighted by molar-refractivity contribution is 6.99. The topological polar surface area (TPSA) is 46.6 Å². The Kier molecular flexibility index (Phi) is 2.69. The maximum atomic E-state index is 9.62. The van der Waals surface area contributed by atoms with Gasteiger partial charge in [-0.25, -0.2) is 4.85 Å². The molecule has 0 N–H and O–H groups in total. The summed E-state index contributed by atoms with van der Waals surface area (Å²) in [5.74, 6) is 2.72. The number of ether oxygens (including phenoxy) is 2. The summed E-state index contributed by atoms with van der Waals surface area (Å²) in [6.45, 7) is 7.31. The Hall–Kier alpha value is -3.70. The summed E-state index contributed by atoms with van der Waals surface area (Å²) in [4.78, 5) is 3.68. The van der Waals surface area contributed by atoms with Gasteiger partial charge in [0.1, 0.15) is 23.0 Å². The number of nitriles is 1. The van der Waals surface area contributed by atoms with Crippen LogP contribution in [0.4, 0.5) is 5.69 Å². The van der Waals surface area contributed by atoms with E-state index in [1.54, 1.807) is 12.1 Å². The highest BCUT2D eigenvalue weighted by atomic mass is 16.5. The van der Waals surface area contributed by atoms with Gasteiger partial charge < -0.3 is 9.47 Å². The van der Waals surface area contributed by atoms with Gasteiger partial charge in [-0.05, 0) is 41.3 Å². The highest BCUT2D eigenvalue weighted by Crippen LogP contribution is 2.36. The van der Waals surface area contributed by atoms with Gasteiger partial charge in [-0.1, -0.05) is 24.3 Å². The molecule has 5 heteroatoms. The summed E-state index contributed by atoms with van der Waals surface area (Å²) in [6, 6.07) is 18.9. The van der Waals surface area contributed by atoms with Crippen LogP contribution in [0.2, 0.25) is 0 Å². The van der Waals surface area contributed by atoms with Crippen LogP contribution in [0.15, 0.2) is 54.6 Å². The molecule has 0 aliphatic carbocycles. The fourth-order valence-corrected chi connectivity index (χ4v) is 3.69. The van der Waals surface area contributed by atoms with Crippen molar-refractivity contribution in [1.29, 1.82) is 5.26 Å². The van der Waals surface area contributed by atoms with Gasteiger partial charge in [0.15, 0.2) is 5.69 Å². The summed E-state index contributed by atoms with van der Waals surface area (Å²) in [6.07, 6.45) is 0. The highest BCUT2D eigenvalue weighted by Gasteiger charge is 2.42. The van der Waals surface area contributed by atoms with E-state index in [-0.39, 0.29) is 6.71 Å². The molecule has 25 heavy (non-hydrogen) atoms. The Morgan fingerprint density at radius 2 is 1.36 bits per heavy atom. The number of benzene rings is 3. The summed E-state index contributed by atoms with van der Waals surface area (Å²) < 4.78 is 12.1. The first kappa shape index (κ1) is 13.7. The van der Waals surface area contributed by atoms with Crippen LogP contribution in [0.1, 0.15) is 5.56 Å². The van der Waals surface area contributed by atoms with E-state index >= 15 is 0 Å². The zero-order valence-corrected chi connectivity index (χ0v) is 13.0. The predicted molar refractivity (Wildman–Crippen MR) is 95.1 cm³/mol. The van der Waals surface area contributed by atoms with E-state index < -0.39 is 0 Å². The Balaban J connectivity index is 1.93. The Morgan fingerprint density at radius 1 is 0.800 bits per heavy atom. The number of hydrogen-bond acceptors (Lipinski definition) is 3. The molecule has 0 unspecified atom stereocenters. The van der Waals surface area contributed by atoms with Gasteiger partial charge in [0.2, 0.25) is 0 Å². The zero-order valence-electron chi connectivity index (χ0n) is 13.0. The molecule has 114 valence electrons. The normalized spacial score (nSPS) is 12.5. The maximum absolute atomic E-state index is 9.62. The molecule has 0 spiro atoms. The SMILES string of the molecule is [C-]#[N+]c1cccc2c1B1c3c(C#N)cccc3Oc3cccc(c31)O2. The second kappa shape index (κ2) is 4.90. The molecule has 4 nitrogen and oxygen atoms in total. The van der Waals surface area contributed by atoms with Crippen LogP contribution in [-0.4, -0.2) is 6.71 Å². The minimum absolute atomic E-state index is 0.250. The molecule has 0 aromatic heterocycles. The minimum Gasteiger partial charge on any atom is -0.460 e. The third-order valence-electron chi connectivity index (χ3n) is 4.68. The molecule has 0 amide bonds. The third-order valence-corrected chi connectivity index (χ3v) is 4.68. The summed E-state index contributed by atoms with van der Waals surface area (Å²) in [7, 11) is 0. The van der Waals surface area contributed by atoms with Gasteiger partial charge in [0.25, 0.3) is 6.71 Å². The van der Waals surface area contributed by atoms with Gasteiger partial charge in [-0.2, -0.15) is 5.26 Å². The van der Waals surface area contributed by atoms with Crippen molar-refractivity contribution in [2.75, 3.05) is 0 Å². The first-order valence-corrected chi connectivity index (χ1v) is 7.84. The van der Waals surface area contributed by atoms with Crippen LogP contribution >= 0.6 is 0 Å². The first-order valence-electron chi connectivity index (χ1n) is 7.84. The van der Waals surface area contributed by atoms with Crippen molar-refractivity contribution in [3.8, 4) is 29.1 Å². The summed E-state index contributed by atoms with van der Waals surface area (Å²) in [5, 5.41) is 9.62. The van der Waals surface area contributed by atoms with E-state index in [0.717, 1.165) is 16.4 Å². The Bertz CT molecular complexity index is 1060.